The minimum Gasteiger partial charge on any atom is -0.374 e. The number of ether oxygens (including phenoxy) is 1. The molecule has 0 amide bonds. The lowest BCUT2D eigenvalue weighted by Crippen LogP contribution is -2.45. The SMILES string of the molecule is CC(C)C1CCC(CN)(OCCCS(C)(=O)=O)CC1. The fourth-order valence-corrected chi connectivity index (χ4v) is 3.49. The van der Waals surface area contributed by atoms with E-state index < -0.39 is 9.84 Å². The van der Waals surface area contributed by atoms with Crippen molar-refractivity contribution in [3.8, 4) is 0 Å². The lowest BCUT2D eigenvalue weighted by Gasteiger charge is -2.40. The lowest BCUT2D eigenvalue weighted by atomic mass is 9.74. The van der Waals surface area contributed by atoms with Crippen molar-refractivity contribution in [3.05, 3.63) is 0 Å². The first-order chi connectivity index (χ1) is 8.78. The molecule has 19 heavy (non-hydrogen) atoms. The Hall–Kier alpha value is -0.130. The van der Waals surface area contributed by atoms with E-state index in [0.29, 0.717) is 19.6 Å². The van der Waals surface area contributed by atoms with E-state index in [9.17, 15) is 8.42 Å². The molecule has 1 fully saturated rings. The van der Waals surface area contributed by atoms with Gasteiger partial charge >= 0.3 is 0 Å². The summed E-state index contributed by atoms with van der Waals surface area (Å²) in [6.45, 7) is 5.58. The summed E-state index contributed by atoms with van der Waals surface area (Å²) in [6.07, 6.45) is 6.17. The number of rotatable bonds is 7. The highest BCUT2D eigenvalue weighted by Crippen LogP contribution is 2.37. The summed E-state index contributed by atoms with van der Waals surface area (Å²) >= 11 is 0. The van der Waals surface area contributed by atoms with Crippen LogP contribution in [0.1, 0.15) is 46.0 Å². The van der Waals surface area contributed by atoms with Gasteiger partial charge in [-0.25, -0.2) is 8.42 Å². The highest BCUT2D eigenvalue weighted by molar-refractivity contribution is 7.90. The Kier molecular flexibility index (Phi) is 6.27. The van der Waals surface area contributed by atoms with Crippen molar-refractivity contribution in [2.45, 2.75) is 51.6 Å². The van der Waals surface area contributed by atoms with Gasteiger partial charge in [-0.05, 0) is 43.9 Å². The van der Waals surface area contributed by atoms with Crippen molar-refractivity contribution >= 4 is 9.84 Å². The summed E-state index contributed by atoms with van der Waals surface area (Å²) in [5.41, 5.74) is 5.68. The van der Waals surface area contributed by atoms with Gasteiger partial charge in [0, 0.05) is 19.4 Å². The summed E-state index contributed by atoms with van der Waals surface area (Å²) in [5, 5.41) is 0. The second-order valence-electron chi connectivity index (χ2n) is 6.30. The lowest BCUT2D eigenvalue weighted by molar-refractivity contribution is -0.0740. The van der Waals surface area contributed by atoms with Gasteiger partial charge in [0.05, 0.1) is 11.4 Å². The fraction of sp³-hybridized carbons (Fsp3) is 1.00. The highest BCUT2D eigenvalue weighted by Gasteiger charge is 2.35. The van der Waals surface area contributed by atoms with Crippen LogP contribution in [-0.4, -0.2) is 39.2 Å². The average Bonchev–Trinajstić information content (AvgIpc) is 2.34. The van der Waals surface area contributed by atoms with Crippen LogP contribution >= 0.6 is 0 Å². The molecule has 1 rings (SSSR count). The number of hydrogen-bond donors (Lipinski definition) is 1. The smallest absolute Gasteiger partial charge is 0.147 e. The van der Waals surface area contributed by atoms with Crippen molar-refractivity contribution in [2.75, 3.05) is 25.2 Å². The number of nitrogens with two attached hydrogens (primary N) is 1. The van der Waals surface area contributed by atoms with E-state index in [1.54, 1.807) is 0 Å². The van der Waals surface area contributed by atoms with Crippen molar-refractivity contribution in [1.29, 1.82) is 0 Å². The largest absolute Gasteiger partial charge is 0.374 e. The number of hydrogen-bond acceptors (Lipinski definition) is 4. The van der Waals surface area contributed by atoms with Gasteiger partial charge in [-0.3, -0.25) is 0 Å². The quantitative estimate of drug-likeness (QED) is 0.728. The molecule has 0 aromatic rings. The Morgan fingerprint density at radius 2 is 1.89 bits per heavy atom. The monoisotopic (exact) mass is 291 g/mol. The average molecular weight is 291 g/mol. The van der Waals surface area contributed by atoms with Crippen LogP contribution in [0.4, 0.5) is 0 Å². The second-order valence-corrected chi connectivity index (χ2v) is 8.56. The molecule has 4 nitrogen and oxygen atoms in total. The van der Waals surface area contributed by atoms with Gasteiger partial charge in [0.1, 0.15) is 9.84 Å². The maximum Gasteiger partial charge on any atom is 0.147 e. The summed E-state index contributed by atoms with van der Waals surface area (Å²) in [4.78, 5) is 0. The standard InChI is InChI=1S/C14H29NO3S/c1-12(2)13-5-7-14(11-15,8-6-13)18-9-4-10-19(3,16)17/h12-13H,4-11,15H2,1-3H3. The zero-order valence-corrected chi connectivity index (χ0v) is 13.3. The molecule has 1 aliphatic carbocycles. The van der Waals surface area contributed by atoms with E-state index >= 15 is 0 Å². The van der Waals surface area contributed by atoms with Gasteiger partial charge in [-0.2, -0.15) is 0 Å². The van der Waals surface area contributed by atoms with E-state index in [1.807, 2.05) is 0 Å². The van der Waals surface area contributed by atoms with Crippen molar-refractivity contribution in [1.82, 2.24) is 0 Å². The van der Waals surface area contributed by atoms with Crippen molar-refractivity contribution in [3.63, 3.8) is 0 Å². The third-order valence-electron chi connectivity index (χ3n) is 4.32. The Morgan fingerprint density at radius 3 is 2.32 bits per heavy atom. The van der Waals surface area contributed by atoms with Crippen LogP contribution in [0, 0.1) is 11.8 Å². The summed E-state index contributed by atoms with van der Waals surface area (Å²) in [5.74, 6) is 1.70. The van der Waals surface area contributed by atoms with Crippen LogP contribution in [0.15, 0.2) is 0 Å². The molecule has 0 aromatic heterocycles. The van der Waals surface area contributed by atoms with E-state index in [1.165, 1.54) is 19.1 Å². The third kappa shape index (κ3) is 5.79. The van der Waals surface area contributed by atoms with E-state index in [2.05, 4.69) is 13.8 Å². The molecule has 0 saturated heterocycles. The molecule has 0 bridgehead atoms. The predicted molar refractivity (Wildman–Crippen MR) is 78.9 cm³/mol. The first-order valence-electron chi connectivity index (χ1n) is 7.30. The van der Waals surface area contributed by atoms with Crippen molar-refractivity contribution in [2.24, 2.45) is 17.6 Å². The first-order valence-corrected chi connectivity index (χ1v) is 9.36. The molecule has 0 atom stereocenters. The van der Waals surface area contributed by atoms with Gasteiger partial charge in [-0.15, -0.1) is 0 Å². The highest BCUT2D eigenvalue weighted by atomic mass is 32.2. The zero-order valence-electron chi connectivity index (χ0n) is 12.5. The summed E-state index contributed by atoms with van der Waals surface area (Å²) < 4.78 is 28.1. The molecule has 2 N–H and O–H groups in total. The normalized spacial score (nSPS) is 28.8. The van der Waals surface area contributed by atoms with Crippen LogP contribution < -0.4 is 5.73 Å². The van der Waals surface area contributed by atoms with Crippen LogP contribution in [-0.2, 0) is 14.6 Å². The number of sulfone groups is 1. The molecule has 1 aliphatic rings. The molecule has 0 unspecified atom stereocenters. The first kappa shape index (κ1) is 16.9. The van der Waals surface area contributed by atoms with Crippen LogP contribution in [0.3, 0.4) is 0 Å². The topological polar surface area (TPSA) is 69.4 Å². The van der Waals surface area contributed by atoms with E-state index in [0.717, 1.165) is 24.7 Å². The van der Waals surface area contributed by atoms with E-state index in [-0.39, 0.29) is 11.4 Å². The Balaban J connectivity index is 2.37. The maximum atomic E-state index is 11.1. The van der Waals surface area contributed by atoms with Gasteiger partial charge < -0.3 is 10.5 Å². The molecule has 0 radical (unpaired) electrons. The third-order valence-corrected chi connectivity index (χ3v) is 5.35. The molecular formula is C14H29NO3S. The molecule has 0 spiro atoms. The molecule has 0 aromatic carbocycles. The van der Waals surface area contributed by atoms with Gasteiger partial charge in [0.15, 0.2) is 0 Å². The minimum absolute atomic E-state index is 0.197. The Labute approximate surface area is 118 Å². The van der Waals surface area contributed by atoms with Crippen LogP contribution in [0.25, 0.3) is 0 Å². The van der Waals surface area contributed by atoms with E-state index in [4.69, 9.17) is 10.5 Å². The molecule has 0 aliphatic heterocycles. The van der Waals surface area contributed by atoms with Gasteiger partial charge in [0.2, 0.25) is 0 Å². The van der Waals surface area contributed by atoms with Gasteiger partial charge in [-0.1, -0.05) is 13.8 Å². The predicted octanol–water partition coefficient (Wildman–Crippen LogP) is 1.98. The van der Waals surface area contributed by atoms with Gasteiger partial charge in [0.25, 0.3) is 0 Å². The Morgan fingerprint density at radius 1 is 1.32 bits per heavy atom. The summed E-state index contributed by atoms with van der Waals surface area (Å²) in [7, 11) is -2.88. The fourth-order valence-electron chi connectivity index (χ4n) is 2.85. The summed E-state index contributed by atoms with van der Waals surface area (Å²) in [6, 6.07) is 0. The van der Waals surface area contributed by atoms with Crippen LogP contribution in [0.5, 0.6) is 0 Å². The van der Waals surface area contributed by atoms with Crippen LogP contribution in [0.2, 0.25) is 0 Å². The molecule has 114 valence electrons. The molecular weight excluding hydrogens is 262 g/mol. The second kappa shape index (κ2) is 7.04. The zero-order chi connectivity index (χ0) is 14.5. The molecule has 1 saturated carbocycles. The maximum absolute atomic E-state index is 11.1. The molecule has 5 heteroatoms. The minimum atomic E-state index is -2.88. The van der Waals surface area contributed by atoms with Crippen molar-refractivity contribution < 1.29 is 13.2 Å². The molecule has 0 heterocycles. The Bertz CT molecular complexity index is 357.